The van der Waals surface area contributed by atoms with Crippen LogP contribution in [0.1, 0.15) is 39.5 Å². The van der Waals surface area contributed by atoms with Gasteiger partial charge in [0, 0.05) is 40.3 Å². The molecule has 0 aliphatic carbocycles. The molecule has 0 aromatic rings. The predicted molar refractivity (Wildman–Crippen MR) is 161 cm³/mol. The van der Waals surface area contributed by atoms with E-state index in [-0.39, 0.29) is 49.8 Å². The molecule has 0 unspecified atom stereocenters. The fourth-order valence-corrected chi connectivity index (χ4v) is 3.99. The van der Waals surface area contributed by atoms with Crippen LogP contribution in [0.25, 0.3) is 0 Å². The Morgan fingerprint density at radius 2 is 1.73 bits per heavy atom. The smallest absolute Gasteiger partial charge is 0.146 e. The van der Waals surface area contributed by atoms with Gasteiger partial charge in [-0.1, -0.05) is 62.5 Å². The Hall–Kier alpha value is -1.62. The van der Waals surface area contributed by atoms with Crippen LogP contribution < -0.4 is 0 Å². The fourth-order valence-electron chi connectivity index (χ4n) is 3.99. The molecule has 0 bridgehead atoms. The van der Waals surface area contributed by atoms with Crippen LogP contribution in [0.3, 0.4) is 0 Å². The summed E-state index contributed by atoms with van der Waals surface area (Å²) in [7, 11) is 6.57. The molecule has 0 saturated carbocycles. The maximum atomic E-state index is 5.76. The highest BCUT2D eigenvalue weighted by Gasteiger charge is 2.27. The maximum Gasteiger partial charge on any atom is 0.146 e. The molecule has 0 saturated heterocycles. The van der Waals surface area contributed by atoms with Gasteiger partial charge in [-0.15, -0.1) is 13.2 Å². The summed E-state index contributed by atoms with van der Waals surface area (Å²) in [5, 5.41) is 0. The molecule has 1 rings (SSSR count). The Kier molecular flexibility index (Phi) is 26.4. The molecule has 0 N–H and O–H groups in total. The van der Waals surface area contributed by atoms with Gasteiger partial charge in [-0.2, -0.15) is 0 Å². The standard InChI is InChI=1S/C17H30O4.C15H26O4/c1-6-8-9-10-11-12-20-13-15(3)17(21-14-18-4)16(7-2)19-5;1-13-11-18-10-8-6-4-5-7-9-14(17-3)15(13)19-12-16-2/h6-7,10-11,15-17H,1-2,8-9,12-14H2,3-5H3;6-9,13-15H,4-5,10-12H2,1-3H3/b11-10+;8-6+,9-7+/t15-,16+,17+;13-,14+,15+/m11/s1. The van der Waals surface area contributed by atoms with E-state index in [0.717, 1.165) is 25.7 Å². The van der Waals surface area contributed by atoms with Crippen molar-refractivity contribution >= 4 is 0 Å². The van der Waals surface area contributed by atoms with Crippen LogP contribution in [-0.2, 0) is 37.9 Å². The van der Waals surface area contributed by atoms with E-state index in [1.165, 1.54) is 0 Å². The monoisotopic (exact) mass is 568 g/mol. The fraction of sp³-hybridized carbons (Fsp3) is 0.688. The molecule has 0 radical (unpaired) electrons. The molecule has 232 valence electrons. The van der Waals surface area contributed by atoms with E-state index < -0.39 is 0 Å². The first kappa shape index (κ1) is 38.4. The van der Waals surface area contributed by atoms with E-state index >= 15 is 0 Å². The number of rotatable bonds is 18. The van der Waals surface area contributed by atoms with E-state index in [0.29, 0.717) is 26.4 Å². The second-order valence-electron chi connectivity index (χ2n) is 9.56. The minimum absolute atomic E-state index is 0.0652. The quantitative estimate of drug-likeness (QED) is 0.115. The van der Waals surface area contributed by atoms with Crippen LogP contribution in [0.2, 0.25) is 0 Å². The van der Waals surface area contributed by atoms with Gasteiger partial charge in [-0.3, -0.25) is 0 Å². The van der Waals surface area contributed by atoms with Gasteiger partial charge in [-0.05, 0) is 25.7 Å². The highest BCUT2D eigenvalue weighted by atomic mass is 16.7. The summed E-state index contributed by atoms with van der Waals surface area (Å²) in [6.07, 6.45) is 19.8. The molecule has 0 amide bonds. The van der Waals surface area contributed by atoms with Crippen molar-refractivity contribution in [1.29, 1.82) is 0 Å². The highest BCUT2D eigenvalue weighted by Crippen LogP contribution is 2.18. The zero-order chi connectivity index (χ0) is 29.8. The van der Waals surface area contributed by atoms with Crippen molar-refractivity contribution in [2.24, 2.45) is 11.8 Å². The van der Waals surface area contributed by atoms with Crippen molar-refractivity contribution in [1.82, 2.24) is 0 Å². The summed E-state index contributed by atoms with van der Waals surface area (Å²) in [6.45, 7) is 14.6. The van der Waals surface area contributed by atoms with Gasteiger partial charge in [0.25, 0.3) is 0 Å². The minimum Gasteiger partial charge on any atom is -0.377 e. The Morgan fingerprint density at radius 3 is 2.38 bits per heavy atom. The third kappa shape index (κ3) is 18.7. The molecular weight excluding hydrogens is 512 g/mol. The third-order valence-corrected chi connectivity index (χ3v) is 6.19. The van der Waals surface area contributed by atoms with Crippen LogP contribution in [-0.4, -0.2) is 92.9 Å². The van der Waals surface area contributed by atoms with Crippen molar-refractivity contribution in [3.63, 3.8) is 0 Å². The van der Waals surface area contributed by atoms with Gasteiger partial charge in [0.05, 0.1) is 38.6 Å². The van der Waals surface area contributed by atoms with Crippen molar-refractivity contribution in [3.8, 4) is 0 Å². The number of hydrogen-bond donors (Lipinski definition) is 0. The normalized spacial score (nSPS) is 24.0. The number of allylic oxidation sites excluding steroid dienone is 4. The Morgan fingerprint density at radius 1 is 0.975 bits per heavy atom. The molecule has 8 nitrogen and oxygen atoms in total. The Balaban J connectivity index is 0.000000763. The van der Waals surface area contributed by atoms with Crippen LogP contribution >= 0.6 is 0 Å². The van der Waals surface area contributed by atoms with Crippen LogP contribution in [0, 0.1) is 11.8 Å². The number of ether oxygens (including phenoxy) is 8. The molecule has 1 heterocycles. The molecule has 6 atom stereocenters. The van der Waals surface area contributed by atoms with Crippen molar-refractivity contribution in [2.45, 2.75) is 63.9 Å². The molecule has 1 aliphatic rings. The van der Waals surface area contributed by atoms with E-state index in [1.807, 2.05) is 12.2 Å². The van der Waals surface area contributed by atoms with Gasteiger partial charge in [-0.25, -0.2) is 0 Å². The number of hydrogen-bond acceptors (Lipinski definition) is 8. The van der Waals surface area contributed by atoms with Crippen molar-refractivity contribution in [3.05, 3.63) is 61.8 Å². The molecule has 8 heteroatoms. The lowest BCUT2D eigenvalue weighted by molar-refractivity contribution is -0.135. The number of methoxy groups -OCH3 is 4. The lowest BCUT2D eigenvalue weighted by Crippen LogP contribution is -2.37. The molecule has 1 aliphatic heterocycles. The van der Waals surface area contributed by atoms with E-state index in [9.17, 15) is 0 Å². The first-order valence-corrected chi connectivity index (χ1v) is 14.1. The highest BCUT2D eigenvalue weighted by molar-refractivity contribution is 4.97. The van der Waals surface area contributed by atoms with E-state index in [4.69, 9.17) is 37.9 Å². The second-order valence-corrected chi connectivity index (χ2v) is 9.56. The number of unbranched alkanes of at least 4 members (excludes halogenated alkanes) is 1. The molecule has 0 aromatic heterocycles. The van der Waals surface area contributed by atoms with Gasteiger partial charge in [0.15, 0.2) is 0 Å². The maximum absolute atomic E-state index is 5.76. The van der Waals surface area contributed by atoms with Crippen LogP contribution in [0.4, 0.5) is 0 Å². The lowest BCUT2D eigenvalue weighted by atomic mass is 9.99. The molecule has 0 aromatic carbocycles. The summed E-state index contributed by atoms with van der Waals surface area (Å²) in [6, 6.07) is 0. The summed E-state index contributed by atoms with van der Waals surface area (Å²) in [5.74, 6) is 0.405. The Bertz CT molecular complexity index is 678. The summed E-state index contributed by atoms with van der Waals surface area (Å²) in [5.41, 5.74) is 0. The average Bonchev–Trinajstić information content (AvgIpc) is 2.96. The van der Waals surface area contributed by atoms with Gasteiger partial charge in [0.1, 0.15) is 25.8 Å². The molecule has 40 heavy (non-hydrogen) atoms. The topological polar surface area (TPSA) is 73.8 Å². The van der Waals surface area contributed by atoms with Crippen LogP contribution in [0.5, 0.6) is 0 Å². The zero-order valence-electron chi connectivity index (χ0n) is 25.8. The van der Waals surface area contributed by atoms with E-state index in [2.05, 4.69) is 57.4 Å². The van der Waals surface area contributed by atoms with Gasteiger partial charge < -0.3 is 37.9 Å². The summed E-state index contributed by atoms with van der Waals surface area (Å²) >= 11 is 0. The van der Waals surface area contributed by atoms with Gasteiger partial charge in [0.2, 0.25) is 0 Å². The van der Waals surface area contributed by atoms with Crippen LogP contribution in [0.15, 0.2) is 61.8 Å². The molecule has 0 fully saturated rings. The summed E-state index contributed by atoms with van der Waals surface area (Å²) in [4.78, 5) is 0. The largest absolute Gasteiger partial charge is 0.377 e. The first-order valence-electron chi connectivity index (χ1n) is 14.1. The SMILES string of the molecule is C=CCC/C=C/COC[C@@H](C)[C@H](OCOC)[C@H](C=C)OC.COCO[C@H]1[C@H](C)COC/C=C/CC/C=C/[C@@H]1OC. The molecule has 0 spiro atoms. The second kappa shape index (κ2) is 27.5. The first-order chi connectivity index (χ1) is 19.5. The summed E-state index contributed by atoms with van der Waals surface area (Å²) < 4.78 is 43.6. The lowest BCUT2D eigenvalue weighted by Gasteiger charge is -2.29. The minimum atomic E-state index is -0.179. The average molecular weight is 569 g/mol. The zero-order valence-corrected chi connectivity index (χ0v) is 25.8. The van der Waals surface area contributed by atoms with Gasteiger partial charge >= 0.3 is 0 Å². The van der Waals surface area contributed by atoms with Crippen molar-refractivity contribution in [2.75, 3.05) is 68.5 Å². The molecular formula is C32H56O8. The third-order valence-electron chi connectivity index (χ3n) is 6.19. The van der Waals surface area contributed by atoms with E-state index in [1.54, 1.807) is 34.5 Å². The van der Waals surface area contributed by atoms with Crippen molar-refractivity contribution < 1.29 is 37.9 Å². The Labute approximate surface area is 244 Å². The predicted octanol–water partition coefficient (Wildman–Crippen LogP) is 5.90.